The lowest BCUT2D eigenvalue weighted by Crippen LogP contribution is -1.98. The van der Waals surface area contributed by atoms with Crippen molar-refractivity contribution in [1.29, 1.82) is 0 Å². The van der Waals surface area contributed by atoms with E-state index in [0.717, 1.165) is 0 Å². The summed E-state index contributed by atoms with van der Waals surface area (Å²) in [5.74, 6) is 5.29. The molecule has 0 rings (SSSR count). The zero-order valence-corrected chi connectivity index (χ0v) is 7.29. The van der Waals surface area contributed by atoms with Crippen LogP contribution in [0.5, 0.6) is 0 Å². The number of hydrogen-bond donors (Lipinski definition) is 1. The van der Waals surface area contributed by atoms with Gasteiger partial charge in [0.25, 0.3) is 0 Å². The predicted octanol–water partition coefficient (Wildman–Crippen LogP) is 1.13. The number of aliphatic hydroxyl groups is 1. The van der Waals surface area contributed by atoms with Gasteiger partial charge in [-0.05, 0) is 13.0 Å². The highest BCUT2D eigenvalue weighted by Crippen LogP contribution is 1.82. The highest BCUT2D eigenvalue weighted by atomic mass is 16.5. The molecule has 2 nitrogen and oxygen atoms in total. The van der Waals surface area contributed by atoms with Gasteiger partial charge in [0, 0.05) is 0 Å². The van der Waals surface area contributed by atoms with Crippen molar-refractivity contribution in [2.24, 2.45) is 0 Å². The Labute approximate surface area is 73.6 Å². The van der Waals surface area contributed by atoms with Crippen LogP contribution in [-0.4, -0.2) is 24.4 Å². The standard InChI is InChI=1S/C10H14O2/c1-3-6-10(11)7-5-9-12-8-4-2/h3-4,6,10-11H,2,8-9H2,1H3. The molecule has 2 heteroatoms. The molecule has 0 aliphatic rings. The fraction of sp³-hybridized carbons (Fsp3) is 0.400. The number of aliphatic hydroxyl groups excluding tert-OH is 1. The molecule has 0 bridgehead atoms. The Morgan fingerprint density at radius 3 is 3.00 bits per heavy atom. The highest BCUT2D eigenvalue weighted by molar-refractivity contribution is 5.11. The molecule has 0 aromatic rings. The number of hydrogen-bond acceptors (Lipinski definition) is 2. The van der Waals surface area contributed by atoms with Crippen LogP contribution >= 0.6 is 0 Å². The van der Waals surface area contributed by atoms with Gasteiger partial charge in [-0.2, -0.15) is 0 Å². The monoisotopic (exact) mass is 166 g/mol. The summed E-state index contributed by atoms with van der Waals surface area (Å²) in [6, 6.07) is 0. The van der Waals surface area contributed by atoms with Crippen molar-refractivity contribution in [2.45, 2.75) is 13.0 Å². The Balaban J connectivity index is 3.50. The van der Waals surface area contributed by atoms with Gasteiger partial charge in [0.15, 0.2) is 0 Å². The predicted molar refractivity (Wildman–Crippen MR) is 49.6 cm³/mol. The summed E-state index contributed by atoms with van der Waals surface area (Å²) in [6.07, 6.45) is 4.34. The van der Waals surface area contributed by atoms with Gasteiger partial charge in [0.1, 0.15) is 12.7 Å². The first-order chi connectivity index (χ1) is 5.81. The maximum atomic E-state index is 9.07. The summed E-state index contributed by atoms with van der Waals surface area (Å²) in [7, 11) is 0. The Morgan fingerprint density at radius 2 is 2.42 bits per heavy atom. The Bertz CT molecular complexity index is 196. The van der Waals surface area contributed by atoms with E-state index in [4.69, 9.17) is 9.84 Å². The van der Waals surface area contributed by atoms with Gasteiger partial charge >= 0.3 is 0 Å². The molecule has 1 N–H and O–H groups in total. The first-order valence-electron chi connectivity index (χ1n) is 3.79. The molecule has 0 aromatic heterocycles. The van der Waals surface area contributed by atoms with Crippen LogP contribution in [-0.2, 0) is 4.74 Å². The summed E-state index contributed by atoms with van der Waals surface area (Å²) in [6.45, 7) is 6.15. The molecule has 0 amide bonds. The second kappa shape index (κ2) is 8.06. The summed E-state index contributed by atoms with van der Waals surface area (Å²) in [5, 5.41) is 9.07. The summed E-state index contributed by atoms with van der Waals surface area (Å²) in [5.41, 5.74) is 0. The molecule has 12 heavy (non-hydrogen) atoms. The fourth-order valence-corrected chi connectivity index (χ4v) is 0.570. The van der Waals surface area contributed by atoms with E-state index in [9.17, 15) is 0 Å². The minimum Gasteiger partial charge on any atom is -0.377 e. The topological polar surface area (TPSA) is 29.5 Å². The number of allylic oxidation sites excluding steroid dienone is 1. The first-order valence-corrected chi connectivity index (χ1v) is 3.79. The maximum Gasteiger partial charge on any atom is 0.133 e. The highest BCUT2D eigenvalue weighted by Gasteiger charge is 1.86. The summed E-state index contributed by atoms with van der Waals surface area (Å²) < 4.78 is 4.98. The van der Waals surface area contributed by atoms with Crippen molar-refractivity contribution in [1.82, 2.24) is 0 Å². The number of rotatable bonds is 4. The van der Waals surface area contributed by atoms with Crippen molar-refractivity contribution in [3.05, 3.63) is 24.8 Å². The third kappa shape index (κ3) is 7.07. The molecule has 1 unspecified atom stereocenters. The van der Waals surface area contributed by atoms with E-state index < -0.39 is 6.10 Å². The zero-order chi connectivity index (χ0) is 9.23. The van der Waals surface area contributed by atoms with Crippen molar-refractivity contribution in [3.8, 4) is 11.8 Å². The van der Waals surface area contributed by atoms with Crippen LogP contribution in [0.25, 0.3) is 0 Å². The van der Waals surface area contributed by atoms with Gasteiger partial charge < -0.3 is 9.84 Å². The van der Waals surface area contributed by atoms with E-state index in [2.05, 4.69) is 18.4 Å². The van der Waals surface area contributed by atoms with Gasteiger partial charge in [-0.15, -0.1) is 6.58 Å². The number of ether oxygens (including phenoxy) is 1. The molecule has 0 aromatic carbocycles. The molecule has 0 aliphatic carbocycles. The lowest BCUT2D eigenvalue weighted by atomic mass is 10.3. The minimum atomic E-state index is -0.678. The average molecular weight is 166 g/mol. The summed E-state index contributed by atoms with van der Waals surface area (Å²) >= 11 is 0. The van der Waals surface area contributed by atoms with Crippen LogP contribution in [0.3, 0.4) is 0 Å². The molecule has 0 radical (unpaired) electrons. The third-order valence-corrected chi connectivity index (χ3v) is 1.03. The van der Waals surface area contributed by atoms with E-state index in [-0.39, 0.29) is 0 Å². The molecule has 0 heterocycles. The molecule has 0 aliphatic heterocycles. The van der Waals surface area contributed by atoms with Crippen LogP contribution in [0, 0.1) is 11.8 Å². The van der Waals surface area contributed by atoms with Crippen LogP contribution in [0.4, 0.5) is 0 Å². The second-order valence-electron chi connectivity index (χ2n) is 2.10. The Hall–Kier alpha value is -1.04. The Kier molecular flexibility index (Phi) is 7.36. The molecule has 0 spiro atoms. The SMILES string of the molecule is C=CCOCC#CC(O)C=CC. The van der Waals surface area contributed by atoms with Crippen molar-refractivity contribution >= 4 is 0 Å². The largest absolute Gasteiger partial charge is 0.377 e. The van der Waals surface area contributed by atoms with Crippen LogP contribution in [0.1, 0.15) is 6.92 Å². The van der Waals surface area contributed by atoms with Gasteiger partial charge in [0.2, 0.25) is 0 Å². The van der Waals surface area contributed by atoms with Crippen LogP contribution < -0.4 is 0 Å². The van der Waals surface area contributed by atoms with Crippen molar-refractivity contribution < 1.29 is 9.84 Å². The van der Waals surface area contributed by atoms with E-state index >= 15 is 0 Å². The third-order valence-electron chi connectivity index (χ3n) is 1.03. The lowest BCUT2D eigenvalue weighted by Gasteiger charge is -1.93. The molecular formula is C10H14O2. The maximum absolute atomic E-state index is 9.07. The first kappa shape index (κ1) is 11.0. The summed E-state index contributed by atoms with van der Waals surface area (Å²) in [4.78, 5) is 0. The van der Waals surface area contributed by atoms with Crippen LogP contribution in [0.15, 0.2) is 24.8 Å². The van der Waals surface area contributed by atoms with Gasteiger partial charge in [-0.25, -0.2) is 0 Å². The molecule has 66 valence electrons. The molecule has 0 saturated heterocycles. The Morgan fingerprint density at radius 1 is 1.67 bits per heavy atom. The average Bonchev–Trinajstić information content (AvgIpc) is 2.05. The smallest absolute Gasteiger partial charge is 0.133 e. The molecule has 1 atom stereocenters. The fourth-order valence-electron chi connectivity index (χ4n) is 0.570. The minimum absolute atomic E-state index is 0.334. The quantitative estimate of drug-likeness (QED) is 0.385. The van der Waals surface area contributed by atoms with Crippen molar-refractivity contribution in [3.63, 3.8) is 0 Å². The van der Waals surface area contributed by atoms with Gasteiger partial charge in [0.05, 0.1) is 6.61 Å². The van der Waals surface area contributed by atoms with Crippen molar-refractivity contribution in [2.75, 3.05) is 13.2 Å². The van der Waals surface area contributed by atoms with Gasteiger partial charge in [-0.1, -0.05) is 24.0 Å². The lowest BCUT2D eigenvalue weighted by molar-refractivity contribution is 0.199. The molecule has 0 saturated carbocycles. The van der Waals surface area contributed by atoms with E-state index in [1.165, 1.54) is 0 Å². The van der Waals surface area contributed by atoms with E-state index in [0.29, 0.717) is 13.2 Å². The normalized spacial score (nSPS) is 12.2. The molecular weight excluding hydrogens is 152 g/mol. The molecule has 0 fully saturated rings. The van der Waals surface area contributed by atoms with Crippen LogP contribution in [0.2, 0.25) is 0 Å². The van der Waals surface area contributed by atoms with E-state index in [1.54, 1.807) is 18.2 Å². The van der Waals surface area contributed by atoms with Gasteiger partial charge in [-0.3, -0.25) is 0 Å². The second-order valence-corrected chi connectivity index (χ2v) is 2.10. The zero-order valence-electron chi connectivity index (χ0n) is 7.29. The van der Waals surface area contributed by atoms with E-state index in [1.807, 2.05) is 6.92 Å².